The molecule has 0 atom stereocenters. The molecule has 162 valence electrons. The fraction of sp³-hybridized carbons (Fsp3) is 0.458. The number of hydrogen-bond donors (Lipinski definition) is 0. The van der Waals surface area contributed by atoms with E-state index < -0.39 is 0 Å². The molecular weight excluding hydrogens is 388 g/mol. The van der Waals surface area contributed by atoms with Crippen molar-refractivity contribution in [3.05, 3.63) is 54.5 Å². The Morgan fingerprint density at radius 3 is 2.52 bits per heavy atom. The van der Waals surface area contributed by atoms with Crippen LogP contribution in [0.2, 0.25) is 0 Å². The van der Waals surface area contributed by atoms with Gasteiger partial charge in [-0.25, -0.2) is 4.98 Å². The average molecular weight is 419 g/mol. The van der Waals surface area contributed by atoms with Gasteiger partial charge in [0.15, 0.2) is 0 Å². The van der Waals surface area contributed by atoms with Crippen LogP contribution in [0, 0.1) is 0 Å². The summed E-state index contributed by atoms with van der Waals surface area (Å²) in [5.41, 5.74) is 1.89. The summed E-state index contributed by atoms with van der Waals surface area (Å²) in [6.45, 7) is 7.58. The van der Waals surface area contributed by atoms with Crippen molar-refractivity contribution < 1.29 is 4.79 Å². The fourth-order valence-corrected chi connectivity index (χ4v) is 4.62. The molecule has 5 rings (SSSR count). The van der Waals surface area contributed by atoms with Crippen molar-refractivity contribution in [1.82, 2.24) is 24.3 Å². The Hall–Kier alpha value is -2.93. The van der Waals surface area contributed by atoms with Crippen LogP contribution in [0.25, 0.3) is 11.0 Å². The highest BCUT2D eigenvalue weighted by molar-refractivity contribution is 5.79. The molecule has 3 aromatic rings. The molecule has 2 aliphatic rings. The maximum Gasteiger partial charge on any atom is 0.228 e. The fourth-order valence-electron chi connectivity index (χ4n) is 4.62. The van der Waals surface area contributed by atoms with Gasteiger partial charge >= 0.3 is 0 Å². The maximum absolute atomic E-state index is 12.6. The second-order valence-electron chi connectivity index (χ2n) is 8.51. The first kappa shape index (κ1) is 20.0. The Morgan fingerprint density at radius 2 is 1.74 bits per heavy atom. The summed E-state index contributed by atoms with van der Waals surface area (Å²) >= 11 is 0. The summed E-state index contributed by atoms with van der Waals surface area (Å²) in [5.74, 6) is 1.16. The third-order valence-electron chi connectivity index (χ3n) is 6.47. The van der Waals surface area contributed by atoms with Gasteiger partial charge in [0.25, 0.3) is 0 Å². The van der Waals surface area contributed by atoms with E-state index in [1.807, 2.05) is 23.1 Å². The molecule has 0 saturated carbocycles. The summed E-state index contributed by atoms with van der Waals surface area (Å²) in [6, 6.07) is 12.1. The summed E-state index contributed by atoms with van der Waals surface area (Å²) in [5, 5.41) is 1.19. The van der Waals surface area contributed by atoms with Crippen LogP contribution >= 0.6 is 0 Å². The number of anilines is 1. The molecule has 0 aliphatic carbocycles. The Balaban J connectivity index is 1.21. The summed E-state index contributed by atoms with van der Waals surface area (Å²) in [7, 11) is 0. The largest absolute Gasteiger partial charge is 0.353 e. The van der Waals surface area contributed by atoms with Gasteiger partial charge in [0.2, 0.25) is 5.91 Å². The molecule has 0 bridgehead atoms. The molecule has 0 N–H and O–H groups in total. The Morgan fingerprint density at radius 1 is 0.903 bits per heavy atom. The van der Waals surface area contributed by atoms with E-state index in [1.165, 1.54) is 31.3 Å². The van der Waals surface area contributed by atoms with Gasteiger partial charge in [-0.2, -0.15) is 0 Å². The number of carbonyl (C=O) groups excluding carboxylic acids is 1. The van der Waals surface area contributed by atoms with Gasteiger partial charge in [-0.3, -0.25) is 9.78 Å². The second kappa shape index (κ2) is 9.06. The van der Waals surface area contributed by atoms with Gasteiger partial charge in [-0.1, -0.05) is 6.07 Å². The minimum atomic E-state index is 0.151. The number of pyridine rings is 2. The van der Waals surface area contributed by atoms with Gasteiger partial charge in [0.1, 0.15) is 11.5 Å². The van der Waals surface area contributed by atoms with E-state index >= 15 is 0 Å². The number of aromatic nitrogens is 3. The number of amides is 1. The number of piperazine rings is 1. The molecule has 0 aromatic carbocycles. The molecule has 2 aliphatic heterocycles. The molecule has 2 saturated heterocycles. The van der Waals surface area contributed by atoms with Crippen molar-refractivity contribution >= 4 is 22.8 Å². The van der Waals surface area contributed by atoms with Crippen molar-refractivity contribution in [2.45, 2.75) is 25.8 Å². The second-order valence-corrected chi connectivity index (χ2v) is 8.51. The minimum Gasteiger partial charge on any atom is -0.353 e. The van der Waals surface area contributed by atoms with E-state index in [-0.39, 0.29) is 5.91 Å². The molecule has 0 spiro atoms. The Kier molecular flexibility index (Phi) is 5.84. The van der Waals surface area contributed by atoms with Crippen LogP contribution in [0.1, 0.15) is 18.5 Å². The SMILES string of the molecule is O=C(Cc1ccccn1)N1CCN(c2ccc3ccn(CCN4CCCC4)c3n2)CC1. The summed E-state index contributed by atoms with van der Waals surface area (Å²) in [6.07, 6.45) is 6.92. The zero-order chi connectivity index (χ0) is 21.0. The van der Waals surface area contributed by atoms with Crippen LogP contribution < -0.4 is 4.90 Å². The normalized spacial score (nSPS) is 17.5. The molecule has 3 aromatic heterocycles. The van der Waals surface area contributed by atoms with Crippen molar-refractivity contribution in [3.63, 3.8) is 0 Å². The van der Waals surface area contributed by atoms with Crippen LogP contribution in [-0.4, -0.2) is 76.1 Å². The third kappa shape index (κ3) is 4.56. The Bertz CT molecular complexity index is 1020. The minimum absolute atomic E-state index is 0.151. The van der Waals surface area contributed by atoms with Crippen molar-refractivity contribution in [2.24, 2.45) is 0 Å². The zero-order valence-electron chi connectivity index (χ0n) is 18.0. The van der Waals surface area contributed by atoms with Gasteiger partial charge in [-0.05, 0) is 56.3 Å². The van der Waals surface area contributed by atoms with Crippen LogP contribution in [0.5, 0.6) is 0 Å². The predicted molar refractivity (Wildman–Crippen MR) is 122 cm³/mol. The number of nitrogens with zero attached hydrogens (tertiary/aromatic N) is 6. The van der Waals surface area contributed by atoms with E-state index in [1.54, 1.807) is 6.20 Å². The highest BCUT2D eigenvalue weighted by Gasteiger charge is 2.22. The monoisotopic (exact) mass is 418 g/mol. The lowest BCUT2D eigenvalue weighted by Gasteiger charge is -2.35. The van der Waals surface area contributed by atoms with E-state index in [0.29, 0.717) is 6.42 Å². The molecule has 7 heteroatoms. The lowest BCUT2D eigenvalue weighted by Crippen LogP contribution is -2.49. The number of rotatable bonds is 6. The summed E-state index contributed by atoms with van der Waals surface area (Å²) in [4.78, 5) is 28.7. The van der Waals surface area contributed by atoms with Gasteiger partial charge in [0, 0.05) is 62.7 Å². The van der Waals surface area contributed by atoms with Crippen LogP contribution in [0.15, 0.2) is 48.8 Å². The average Bonchev–Trinajstić information content (AvgIpc) is 3.48. The van der Waals surface area contributed by atoms with Crippen molar-refractivity contribution in [2.75, 3.05) is 50.7 Å². The standard InChI is InChI=1S/C24H30N6O/c31-23(19-21-5-1-2-9-25-21)29-17-15-28(16-18-29)22-7-6-20-8-12-30(24(20)26-22)14-13-27-10-3-4-11-27/h1-2,5-9,12H,3-4,10-11,13-19H2. The smallest absolute Gasteiger partial charge is 0.228 e. The highest BCUT2D eigenvalue weighted by atomic mass is 16.2. The quantitative estimate of drug-likeness (QED) is 0.615. The number of carbonyl (C=O) groups is 1. The van der Waals surface area contributed by atoms with Crippen LogP contribution in [-0.2, 0) is 17.8 Å². The van der Waals surface area contributed by atoms with E-state index in [9.17, 15) is 4.79 Å². The van der Waals surface area contributed by atoms with Gasteiger partial charge in [0.05, 0.1) is 6.42 Å². The first-order valence-corrected chi connectivity index (χ1v) is 11.4. The van der Waals surface area contributed by atoms with E-state index in [0.717, 1.165) is 56.4 Å². The van der Waals surface area contributed by atoms with Gasteiger partial charge in [-0.15, -0.1) is 0 Å². The lowest BCUT2D eigenvalue weighted by atomic mass is 10.2. The van der Waals surface area contributed by atoms with Gasteiger partial charge < -0.3 is 19.3 Å². The molecule has 1 amide bonds. The molecule has 0 radical (unpaired) electrons. The number of hydrogen-bond acceptors (Lipinski definition) is 5. The molecule has 5 heterocycles. The number of likely N-dealkylation sites (tertiary alicyclic amines) is 1. The van der Waals surface area contributed by atoms with Crippen LogP contribution in [0.4, 0.5) is 5.82 Å². The van der Waals surface area contributed by atoms with E-state index in [2.05, 4.69) is 43.7 Å². The number of fused-ring (bicyclic) bond motifs is 1. The third-order valence-corrected chi connectivity index (χ3v) is 6.47. The molecule has 7 nitrogen and oxygen atoms in total. The molecule has 31 heavy (non-hydrogen) atoms. The van der Waals surface area contributed by atoms with Crippen LogP contribution in [0.3, 0.4) is 0 Å². The lowest BCUT2D eigenvalue weighted by molar-refractivity contribution is -0.130. The van der Waals surface area contributed by atoms with Crippen molar-refractivity contribution in [3.8, 4) is 0 Å². The zero-order valence-corrected chi connectivity index (χ0v) is 18.0. The molecule has 2 fully saturated rings. The highest BCUT2D eigenvalue weighted by Crippen LogP contribution is 2.21. The van der Waals surface area contributed by atoms with Crippen molar-refractivity contribution in [1.29, 1.82) is 0 Å². The summed E-state index contributed by atoms with van der Waals surface area (Å²) < 4.78 is 2.28. The van der Waals surface area contributed by atoms with E-state index in [4.69, 9.17) is 4.98 Å². The predicted octanol–water partition coefficient (Wildman–Crippen LogP) is 2.42. The topological polar surface area (TPSA) is 57.5 Å². The first-order valence-electron chi connectivity index (χ1n) is 11.4. The molecular formula is C24H30N6O. The maximum atomic E-state index is 12.6. The molecule has 0 unspecified atom stereocenters. The Labute approximate surface area is 183 Å². The first-order chi connectivity index (χ1) is 15.3.